The maximum Gasteiger partial charge on any atom is 0.303 e. The number of nitrogens with zero attached hydrogens (tertiary/aromatic N) is 1. The quantitative estimate of drug-likeness (QED) is 0.578. The van der Waals surface area contributed by atoms with E-state index in [9.17, 15) is 14.4 Å². The van der Waals surface area contributed by atoms with Gasteiger partial charge in [0.25, 0.3) is 0 Å². The molecule has 5 heteroatoms. The average Bonchev–Trinajstić information content (AvgIpc) is 3.07. The zero-order valence-corrected chi connectivity index (χ0v) is 20.5. The van der Waals surface area contributed by atoms with Crippen molar-refractivity contribution in [2.24, 2.45) is 28.6 Å². The third-order valence-electron chi connectivity index (χ3n) is 9.92. The van der Waals surface area contributed by atoms with Gasteiger partial charge < -0.3 is 9.64 Å². The van der Waals surface area contributed by atoms with Crippen LogP contribution in [0.2, 0.25) is 0 Å². The summed E-state index contributed by atoms with van der Waals surface area (Å²) in [5, 5.41) is 0. The topological polar surface area (TPSA) is 63.7 Å². The Morgan fingerprint density at radius 1 is 1.00 bits per heavy atom. The molecule has 4 aliphatic carbocycles. The molecule has 0 amide bonds. The summed E-state index contributed by atoms with van der Waals surface area (Å²) in [5.74, 6) is 0.696. The molecule has 5 rings (SSSR count). The second-order valence-corrected chi connectivity index (χ2v) is 11.4. The van der Waals surface area contributed by atoms with Gasteiger partial charge in [-0.15, -0.1) is 0 Å². The lowest BCUT2D eigenvalue weighted by Gasteiger charge is -2.56. The van der Waals surface area contributed by atoms with E-state index in [1.807, 2.05) is 6.08 Å². The van der Waals surface area contributed by atoms with Crippen LogP contribution in [0.25, 0.3) is 0 Å². The smallest absolute Gasteiger partial charge is 0.303 e. The number of piperidine rings is 1. The average molecular weight is 452 g/mol. The van der Waals surface area contributed by atoms with Crippen LogP contribution in [-0.2, 0) is 19.1 Å². The van der Waals surface area contributed by atoms with E-state index in [0.717, 1.165) is 50.9 Å². The summed E-state index contributed by atoms with van der Waals surface area (Å²) in [7, 11) is 0. The summed E-state index contributed by atoms with van der Waals surface area (Å²) in [5.41, 5.74) is 0.517. The summed E-state index contributed by atoms with van der Waals surface area (Å²) >= 11 is 0. The molecular formula is C28H37NO4. The zero-order valence-electron chi connectivity index (χ0n) is 20.5. The SMILES string of the molecule is CC(=O)O[C@]1(C(C)=O)CC[C@H]2[C@@H]3C=CC4=C(N5CCCCC5)C(=O)C=C[C@]4(C)[C@H]3CC[C@@]21C. The van der Waals surface area contributed by atoms with E-state index in [0.29, 0.717) is 18.3 Å². The summed E-state index contributed by atoms with van der Waals surface area (Å²) in [6, 6.07) is 0. The number of hydrogen-bond acceptors (Lipinski definition) is 5. The summed E-state index contributed by atoms with van der Waals surface area (Å²) in [6.45, 7) is 9.39. The fourth-order valence-corrected chi connectivity index (χ4v) is 8.26. The van der Waals surface area contributed by atoms with Crippen LogP contribution in [0.4, 0.5) is 0 Å². The highest BCUT2D eigenvalue weighted by atomic mass is 16.6. The highest BCUT2D eigenvalue weighted by molar-refractivity contribution is 6.06. The molecule has 2 saturated carbocycles. The molecular weight excluding hydrogens is 414 g/mol. The number of allylic oxidation sites excluding steroid dienone is 5. The van der Waals surface area contributed by atoms with Crippen molar-refractivity contribution in [2.45, 2.75) is 78.2 Å². The summed E-state index contributed by atoms with van der Waals surface area (Å²) < 4.78 is 5.87. The molecule has 0 aromatic heterocycles. The Morgan fingerprint density at radius 2 is 1.70 bits per heavy atom. The van der Waals surface area contributed by atoms with E-state index < -0.39 is 5.60 Å². The van der Waals surface area contributed by atoms with Crippen LogP contribution in [-0.4, -0.2) is 41.1 Å². The Balaban J connectivity index is 1.56. The van der Waals surface area contributed by atoms with E-state index in [1.54, 1.807) is 6.92 Å². The lowest BCUT2D eigenvalue weighted by Crippen LogP contribution is -2.58. The maximum atomic E-state index is 13.0. The molecule has 0 aromatic carbocycles. The second-order valence-electron chi connectivity index (χ2n) is 11.4. The van der Waals surface area contributed by atoms with Crippen molar-refractivity contribution in [1.29, 1.82) is 0 Å². The van der Waals surface area contributed by atoms with Gasteiger partial charge in [0.05, 0.1) is 5.70 Å². The van der Waals surface area contributed by atoms with Crippen molar-refractivity contribution < 1.29 is 19.1 Å². The van der Waals surface area contributed by atoms with Crippen molar-refractivity contribution in [3.05, 3.63) is 35.6 Å². The van der Waals surface area contributed by atoms with E-state index >= 15 is 0 Å². The summed E-state index contributed by atoms with van der Waals surface area (Å²) in [6.07, 6.45) is 15.3. The first-order valence-electron chi connectivity index (χ1n) is 12.8. The van der Waals surface area contributed by atoms with Gasteiger partial charge in [0.2, 0.25) is 5.78 Å². The predicted octanol–water partition coefficient (Wildman–Crippen LogP) is 4.77. The molecule has 33 heavy (non-hydrogen) atoms. The van der Waals surface area contributed by atoms with Gasteiger partial charge in [-0.05, 0) is 81.3 Å². The van der Waals surface area contributed by atoms with Crippen molar-refractivity contribution >= 4 is 17.5 Å². The van der Waals surface area contributed by atoms with Crippen LogP contribution in [0.1, 0.15) is 72.6 Å². The number of Topliss-reactive ketones (excluding diaryl/α,β-unsaturated/α-hetero) is 1. The van der Waals surface area contributed by atoms with Crippen molar-refractivity contribution in [3.8, 4) is 0 Å². The van der Waals surface area contributed by atoms with E-state index in [1.165, 1.54) is 18.9 Å². The number of carbonyl (C=O) groups excluding carboxylic acids is 3. The highest BCUT2D eigenvalue weighted by Gasteiger charge is 2.67. The molecule has 0 aromatic rings. The van der Waals surface area contributed by atoms with Crippen LogP contribution in [0, 0.1) is 28.6 Å². The monoisotopic (exact) mass is 451 g/mol. The number of fused-ring (bicyclic) bond motifs is 5. The minimum Gasteiger partial charge on any atom is -0.451 e. The minimum atomic E-state index is -1.02. The maximum absolute atomic E-state index is 13.0. The van der Waals surface area contributed by atoms with Gasteiger partial charge in [-0.25, -0.2) is 0 Å². The van der Waals surface area contributed by atoms with Crippen molar-refractivity contribution in [1.82, 2.24) is 4.90 Å². The first-order valence-corrected chi connectivity index (χ1v) is 12.8. The number of likely N-dealkylation sites (tertiary alicyclic amines) is 1. The Morgan fingerprint density at radius 3 is 2.36 bits per heavy atom. The Hall–Kier alpha value is -2.17. The Labute approximate surface area is 197 Å². The minimum absolute atomic E-state index is 0.0247. The number of hydrogen-bond donors (Lipinski definition) is 0. The van der Waals surface area contributed by atoms with E-state index in [-0.39, 0.29) is 34.3 Å². The Bertz CT molecular complexity index is 986. The normalized spacial score (nSPS) is 42.0. The van der Waals surface area contributed by atoms with Crippen LogP contribution in [0.3, 0.4) is 0 Å². The molecule has 1 aliphatic heterocycles. The van der Waals surface area contributed by atoms with Gasteiger partial charge in [0.1, 0.15) is 0 Å². The molecule has 1 saturated heterocycles. The number of carbonyl (C=O) groups is 3. The molecule has 0 radical (unpaired) electrons. The lowest BCUT2D eigenvalue weighted by atomic mass is 9.48. The van der Waals surface area contributed by atoms with Gasteiger partial charge in [0.15, 0.2) is 11.4 Å². The van der Waals surface area contributed by atoms with Gasteiger partial charge in [-0.2, -0.15) is 0 Å². The molecule has 6 atom stereocenters. The first-order chi connectivity index (χ1) is 15.6. The number of esters is 1. The van der Waals surface area contributed by atoms with Crippen LogP contribution < -0.4 is 0 Å². The van der Waals surface area contributed by atoms with Gasteiger partial charge in [0, 0.05) is 30.8 Å². The predicted molar refractivity (Wildman–Crippen MR) is 126 cm³/mol. The number of rotatable bonds is 3. The standard InChI is InChI=1S/C28H37NO4/c1-18(30)28(33-19(2)31)15-11-22-20-8-9-23-25(29-16-6-5-7-17-29)24(32)12-13-26(23,3)21(20)10-14-27(22,28)4/h8-9,12-13,20-22H,5-7,10-11,14-17H2,1-4H3/t20-,21+,22+,26-,27+,28+/m1/s1. The molecule has 5 aliphatic rings. The second kappa shape index (κ2) is 7.68. The summed E-state index contributed by atoms with van der Waals surface area (Å²) in [4.78, 5) is 40.3. The van der Waals surface area contributed by atoms with Gasteiger partial charge in [-0.1, -0.05) is 32.1 Å². The fourth-order valence-electron chi connectivity index (χ4n) is 8.26. The van der Waals surface area contributed by atoms with Gasteiger partial charge >= 0.3 is 5.97 Å². The molecule has 0 N–H and O–H groups in total. The third-order valence-corrected chi connectivity index (χ3v) is 9.92. The third kappa shape index (κ3) is 3.06. The van der Waals surface area contributed by atoms with E-state index in [4.69, 9.17) is 4.74 Å². The van der Waals surface area contributed by atoms with Gasteiger partial charge in [-0.3, -0.25) is 14.4 Å². The number of ketones is 2. The largest absolute Gasteiger partial charge is 0.451 e. The van der Waals surface area contributed by atoms with Crippen LogP contribution in [0.15, 0.2) is 35.6 Å². The molecule has 5 nitrogen and oxygen atoms in total. The van der Waals surface area contributed by atoms with E-state index in [2.05, 4.69) is 37.0 Å². The Kier molecular flexibility index (Phi) is 5.26. The molecule has 0 bridgehead atoms. The molecule has 1 heterocycles. The van der Waals surface area contributed by atoms with Crippen molar-refractivity contribution in [2.75, 3.05) is 13.1 Å². The zero-order chi connectivity index (χ0) is 23.6. The van der Waals surface area contributed by atoms with Crippen molar-refractivity contribution in [3.63, 3.8) is 0 Å². The lowest BCUT2D eigenvalue weighted by molar-refractivity contribution is -0.184. The van der Waals surface area contributed by atoms with Crippen LogP contribution in [0.5, 0.6) is 0 Å². The fraction of sp³-hybridized carbons (Fsp3) is 0.679. The molecule has 0 spiro atoms. The molecule has 3 fully saturated rings. The van der Waals surface area contributed by atoms with Crippen LogP contribution >= 0.6 is 0 Å². The molecule has 0 unspecified atom stereocenters. The highest BCUT2D eigenvalue weighted by Crippen LogP contribution is 2.67. The first kappa shape index (κ1) is 22.6. The number of ether oxygens (including phenoxy) is 1. The molecule has 178 valence electrons.